The van der Waals surface area contributed by atoms with E-state index in [1.165, 1.54) is 25.9 Å². The number of aromatic nitrogens is 2. The van der Waals surface area contributed by atoms with Crippen molar-refractivity contribution in [3.05, 3.63) is 18.1 Å². The highest BCUT2D eigenvalue weighted by atomic mass is 15.3. The van der Waals surface area contributed by atoms with Crippen molar-refractivity contribution >= 4 is 5.82 Å². The molecule has 3 fully saturated rings. The monoisotopic (exact) mass is 259 g/mol. The minimum Gasteiger partial charge on any atom is -0.356 e. The molecular weight excluding hydrogens is 238 g/mol. The first kappa shape index (κ1) is 11.6. The SMILES string of the molecule is NCc1nccc(N2CC3CN(C4CC4)CC3C2)n1. The maximum absolute atomic E-state index is 5.62. The van der Waals surface area contributed by atoms with Crippen molar-refractivity contribution in [2.45, 2.75) is 25.4 Å². The van der Waals surface area contributed by atoms with Crippen LogP contribution in [-0.4, -0.2) is 47.1 Å². The molecule has 3 aliphatic rings. The second kappa shape index (κ2) is 4.42. The van der Waals surface area contributed by atoms with Gasteiger partial charge in [0.25, 0.3) is 0 Å². The van der Waals surface area contributed by atoms with Crippen molar-refractivity contribution in [3.63, 3.8) is 0 Å². The van der Waals surface area contributed by atoms with E-state index in [0.29, 0.717) is 6.54 Å². The van der Waals surface area contributed by atoms with Gasteiger partial charge in [-0.1, -0.05) is 0 Å². The largest absolute Gasteiger partial charge is 0.356 e. The molecule has 1 aromatic rings. The van der Waals surface area contributed by atoms with Crippen LogP contribution >= 0.6 is 0 Å². The van der Waals surface area contributed by atoms with Crippen LogP contribution in [0, 0.1) is 11.8 Å². The van der Waals surface area contributed by atoms with Crippen LogP contribution in [0.25, 0.3) is 0 Å². The quantitative estimate of drug-likeness (QED) is 0.855. The highest BCUT2D eigenvalue weighted by Crippen LogP contribution is 2.38. The lowest BCUT2D eigenvalue weighted by molar-refractivity contribution is 0.306. The minimum atomic E-state index is 0.421. The zero-order chi connectivity index (χ0) is 12.8. The van der Waals surface area contributed by atoms with Crippen LogP contribution in [0.5, 0.6) is 0 Å². The number of anilines is 1. The highest BCUT2D eigenvalue weighted by molar-refractivity contribution is 5.39. The van der Waals surface area contributed by atoms with Gasteiger partial charge in [0.05, 0.1) is 6.54 Å². The molecule has 4 rings (SSSR count). The van der Waals surface area contributed by atoms with Gasteiger partial charge in [-0.3, -0.25) is 4.90 Å². The number of fused-ring (bicyclic) bond motifs is 1. The Morgan fingerprint density at radius 1 is 1.16 bits per heavy atom. The van der Waals surface area contributed by atoms with E-state index in [9.17, 15) is 0 Å². The molecule has 1 saturated carbocycles. The summed E-state index contributed by atoms with van der Waals surface area (Å²) in [6.07, 6.45) is 4.68. The van der Waals surface area contributed by atoms with Gasteiger partial charge in [0, 0.05) is 38.4 Å². The van der Waals surface area contributed by atoms with Gasteiger partial charge < -0.3 is 10.6 Å². The van der Waals surface area contributed by atoms with Gasteiger partial charge in [-0.2, -0.15) is 0 Å². The molecule has 2 atom stereocenters. The average molecular weight is 259 g/mol. The average Bonchev–Trinajstić information content (AvgIpc) is 3.09. The summed E-state index contributed by atoms with van der Waals surface area (Å²) in [4.78, 5) is 13.8. The Labute approximate surface area is 113 Å². The summed E-state index contributed by atoms with van der Waals surface area (Å²) in [6, 6.07) is 2.93. The van der Waals surface area contributed by atoms with E-state index in [4.69, 9.17) is 5.73 Å². The summed E-state index contributed by atoms with van der Waals surface area (Å²) in [5.41, 5.74) is 5.62. The maximum atomic E-state index is 5.62. The Balaban J connectivity index is 1.45. The van der Waals surface area contributed by atoms with Crippen LogP contribution in [0.4, 0.5) is 5.82 Å². The van der Waals surface area contributed by atoms with Crippen molar-refractivity contribution in [2.75, 3.05) is 31.1 Å². The number of nitrogens with two attached hydrogens (primary N) is 1. The normalized spacial score (nSPS) is 30.9. The van der Waals surface area contributed by atoms with Crippen molar-refractivity contribution in [1.29, 1.82) is 0 Å². The van der Waals surface area contributed by atoms with Crippen molar-refractivity contribution < 1.29 is 0 Å². The number of nitrogens with zero attached hydrogens (tertiary/aromatic N) is 4. The molecule has 2 aliphatic heterocycles. The molecule has 0 aromatic carbocycles. The molecule has 1 aromatic heterocycles. The standard InChI is InChI=1S/C14H21N5/c15-5-13-16-4-3-14(17-13)19-8-10-6-18(12-1-2-12)7-11(10)9-19/h3-4,10-12H,1-2,5-9,15H2. The molecule has 5 heteroatoms. The molecular formula is C14H21N5. The summed E-state index contributed by atoms with van der Waals surface area (Å²) in [6.45, 7) is 5.30. The minimum absolute atomic E-state index is 0.421. The molecule has 102 valence electrons. The predicted molar refractivity (Wildman–Crippen MR) is 73.7 cm³/mol. The van der Waals surface area contributed by atoms with E-state index < -0.39 is 0 Å². The first-order valence-corrected chi connectivity index (χ1v) is 7.34. The summed E-state index contributed by atoms with van der Waals surface area (Å²) >= 11 is 0. The first-order chi connectivity index (χ1) is 9.33. The summed E-state index contributed by atoms with van der Waals surface area (Å²) in [5.74, 6) is 3.46. The van der Waals surface area contributed by atoms with Gasteiger partial charge in [-0.15, -0.1) is 0 Å². The smallest absolute Gasteiger partial charge is 0.144 e. The van der Waals surface area contributed by atoms with E-state index in [-0.39, 0.29) is 0 Å². The van der Waals surface area contributed by atoms with E-state index in [1.807, 2.05) is 12.3 Å². The lowest BCUT2D eigenvalue weighted by Gasteiger charge is -2.22. The molecule has 3 heterocycles. The molecule has 0 spiro atoms. The maximum Gasteiger partial charge on any atom is 0.144 e. The van der Waals surface area contributed by atoms with Crippen molar-refractivity contribution in [2.24, 2.45) is 17.6 Å². The Hall–Kier alpha value is -1.20. The van der Waals surface area contributed by atoms with Crippen LogP contribution < -0.4 is 10.6 Å². The zero-order valence-corrected chi connectivity index (χ0v) is 11.2. The van der Waals surface area contributed by atoms with E-state index >= 15 is 0 Å². The fourth-order valence-electron chi connectivity index (χ4n) is 3.62. The molecule has 2 unspecified atom stereocenters. The van der Waals surface area contributed by atoms with Crippen LogP contribution in [0.15, 0.2) is 12.3 Å². The number of hydrogen-bond acceptors (Lipinski definition) is 5. The second-order valence-electron chi connectivity index (χ2n) is 6.15. The lowest BCUT2D eigenvalue weighted by atomic mass is 10.0. The lowest BCUT2D eigenvalue weighted by Crippen LogP contribution is -2.30. The third-order valence-corrected chi connectivity index (χ3v) is 4.78. The molecule has 5 nitrogen and oxygen atoms in total. The fraction of sp³-hybridized carbons (Fsp3) is 0.714. The summed E-state index contributed by atoms with van der Waals surface area (Å²) in [7, 11) is 0. The van der Waals surface area contributed by atoms with E-state index in [0.717, 1.165) is 42.6 Å². The first-order valence-electron chi connectivity index (χ1n) is 7.34. The summed E-state index contributed by atoms with van der Waals surface area (Å²) < 4.78 is 0. The van der Waals surface area contributed by atoms with Gasteiger partial charge in [0.1, 0.15) is 11.6 Å². The number of hydrogen-bond donors (Lipinski definition) is 1. The second-order valence-corrected chi connectivity index (χ2v) is 6.15. The van der Waals surface area contributed by atoms with E-state index in [2.05, 4.69) is 19.8 Å². The Morgan fingerprint density at radius 3 is 2.53 bits per heavy atom. The van der Waals surface area contributed by atoms with Gasteiger partial charge in [0.15, 0.2) is 0 Å². The Morgan fingerprint density at radius 2 is 1.89 bits per heavy atom. The molecule has 0 bridgehead atoms. The number of likely N-dealkylation sites (tertiary alicyclic amines) is 1. The van der Waals surface area contributed by atoms with Crippen LogP contribution in [-0.2, 0) is 6.54 Å². The predicted octanol–water partition coefficient (Wildman–Crippen LogP) is 0.466. The van der Waals surface area contributed by atoms with Crippen LogP contribution in [0.2, 0.25) is 0 Å². The Bertz CT molecular complexity index is 459. The molecule has 2 N–H and O–H groups in total. The molecule has 1 aliphatic carbocycles. The van der Waals surface area contributed by atoms with Gasteiger partial charge >= 0.3 is 0 Å². The van der Waals surface area contributed by atoms with Crippen LogP contribution in [0.3, 0.4) is 0 Å². The third-order valence-electron chi connectivity index (χ3n) is 4.78. The fourth-order valence-corrected chi connectivity index (χ4v) is 3.62. The van der Waals surface area contributed by atoms with Crippen LogP contribution in [0.1, 0.15) is 18.7 Å². The summed E-state index contributed by atoms with van der Waals surface area (Å²) in [5, 5.41) is 0. The third kappa shape index (κ3) is 2.11. The molecule has 0 amide bonds. The molecule has 0 radical (unpaired) electrons. The Kier molecular flexibility index (Phi) is 2.70. The van der Waals surface area contributed by atoms with Gasteiger partial charge in [0.2, 0.25) is 0 Å². The van der Waals surface area contributed by atoms with E-state index in [1.54, 1.807) is 0 Å². The van der Waals surface area contributed by atoms with Crippen molar-refractivity contribution in [1.82, 2.24) is 14.9 Å². The topological polar surface area (TPSA) is 58.3 Å². The zero-order valence-electron chi connectivity index (χ0n) is 11.2. The molecule has 2 saturated heterocycles. The highest BCUT2D eigenvalue weighted by Gasteiger charge is 2.44. The number of rotatable bonds is 3. The molecule has 19 heavy (non-hydrogen) atoms. The van der Waals surface area contributed by atoms with Crippen molar-refractivity contribution in [3.8, 4) is 0 Å². The van der Waals surface area contributed by atoms with Gasteiger partial charge in [-0.25, -0.2) is 9.97 Å². The van der Waals surface area contributed by atoms with Gasteiger partial charge in [-0.05, 0) is 30.7 Å².